The number of halogens is 2. The number of carbonyl (C=O) groups is 1. The molecule has 0 fully saturated rings. The van der Waals surface area contributed by atoms with E-state index in [1.54, 1.807) is 12.1 Å². The van der Waals surface area contributed by atoms with Crippen molar-refractivity contribution < 1.29 is 13.9 Å². The van der Waals surface area contributed by atoms with Gasteiger partial charge >= 0.3 is 5.97 Å². The molecule has 0 saturated heterocycles. The van der Waals surface area contributed by atoms with Crippen LogP contribution in [0.3, 0.4) is 0 Å². The average Bonchev–Trinajstić information content (AvgIpc) is 2.48. The van der Waals surface area contributed by atoms with E-state index in [4.69, 9.17) is 11.6 Å². The van der Waals surface area contributed by atoms with Crippen molar-refractivity contribution >= 4 is 23.3 Å². The molecule has 0 amide bonds. The van der Waals surface area contributed by atoms with Crippen molar-refractivity contribution in [1.82, 2.24) is 0 Å². The molecule has 2 aromatic rings. The van der Waals surface area contributed by atoms with Gasteiger partial charge in [-0.25, -0.2) is 9.18 Å². The van der Waals surface area contributed by atoms with Crippen LogP contribution in [0.25, 0.3) is 0 Å². The van der Waals surface area contributed by atoms with E-state index in [-0.39, 0.29) is 11.6 Å². The summed E-state index contributed by atoms with van der Waals surface area (Å²) in [6.07, 6.45) is 0. The fourth-order valence-corrected chi connectivity index (χ4v) is 2.12. The second-order valence-corrected chi connectivity index (χ2v) is 5.04. The van der Waals surface area contributed by atoms with Crippen molar-refractivity contribution in [2.45, 2.75) is 13.0 Å². The van der Waals surface area contributed by atoms with E-state index in [1.807, 2.05) is 19.1 Å². The SMILES string of the molecule is COC(=O)c1cc(F)ccc1NC(C)c1ccc(Cl)cc1. The Hall–Kier alpha value is -2.07. The van der Waals surface area contributed by atoms with Gasteiger partial charge in [-0.15, -0.1) is 0 Å². The third-order valence-corrected chi connectivity index (χ3v) is 3.38. The number of anilines is 1. The maximum atomic E-state index is 13.3. The lowest BCUT2D eigenvalue weighted by Gasteiger charge is -2.18. The standard InChI is InChI=1S/C16H15ClFNO2/c1-10(11-3-5-12(17)6-4-11)19-15-8-7-13(18)9-14(15)16(20)21-2/h3-10,19H,1-2H3. The molecule has 0 spiro atoms. The largest absolute Gasteiger partial charge is 0.465 e. The van der Waals surface area contributed by atoms with Crippen molar-refractivity contribution in [2.75, 3.05) is 12.4 Å². The summed E-state index contributed by atoms with van der Waals surface area (Å²) in [7, 11) is 1.26. The van der Waals surface area contributed by atoms with Gasteiger partial charge < -0.3 is 10.1 Å². The van der Waals surface area contributed by atoms with Crippen molar-refractivity contribution in [3.05, 3.63) is 64.4 Å². The molecule has 3 nitrogen and oxygen atoms in total. The highest BCUT2D eigenvalue weighted by Gasteiger charge is 2.15. The van der Waals surface area contributed by atoms with Crippen molar-refractivity contribution in [3.8, 4) is 0 Å². The van der Waals surface area contributed by atoms with Gasteiger partial charge in [0.15, 0.2) is 0 Å². The molecule has 2 rings (SSSR count). The van der Waals surface area contributed by atoms with Gasteiger partial charge in [-0.05, 0) is 42.8 Å². The summed E-state index contributed by atoms with van der Waals surface area (Å²) in [6, 6.07) is 11.3. The molecule has 0 saturated carbocycles. The molecule has 0 radical (unpaired) electrons. The number of esters is 1. The second kappa shape index (κ2) is 6.59. The Morgan fingerprint density at radius 2 is 1.90 bits per heavy atom. The Balaban J connectivity index is 2.26. The first-order valence-corrected chi connectivity index (χ1v) is 6.79. The fourth-order valence-electron chi connectivity index (χ4n) is 1.99. The second-order valence-electron chi connectivity index (χ2n) is 4.60. The first-order valence-electron chi connectivity index (χ1n) is 6.41. The molecule has 110 valence electrons. The first-order chi connectivity index (χ1) is 10.0. The zero-order valence-corrected chi connectivity index (χ0v) is 12.4. The van der Waals surface area contributed by atoms with Crippen LogP contribution in [0.15, 0.2) is 42.5 Å². The molecule has 1 atom stereocenters. The number of hydrogen-bond donors (Lipinski definition) is 1. The first kappa shape index (κ1) is 15.3. The molecule has 0 aliphatic rings. The van der Waals surface area contributed by atoms with Gasteiger partial charge in [0, 0.05) is 16.8 Å². The highest BCUT2D eigenvalue weighted by molar-refractivity contribution is 6.30. The zero-order valence-electron chi connectivity index (χ0n) is 11.7. The molecule has 1 unspecified atom stereocenters. The third-order valence-electron chi connectivity index (χ3n) is 3.13. The van der Waals surface area contributed by atoms with Crippen LogP contribution < -0.4 is 5.32 Å². The summed E-state index contributed by atoms with van der Waals surface area (Å²) in [6.45, 7) is 1.94. The highest BCUT2D eigenvalue weighted by atomic mass is 35.5. The third kappa shape index (κ3) is 3.73. The van der Waals surface area contributed by atoms with Crippen LogP contribution in [0, 0.1) is 5.82 Å². The summed E-state index contributed by atoms with van der Waals surface area (Å²) < 4.78 is 18.0. The van der Waals surface area contributed by atoms with Crippen LogP contribution in [0.5, 0.6) is 0 Å². The monoisotopic (exact) mass is 307 g/mol. The van der Waals surface area contributed by atoms with E-state index >= 15 is 0 Å². The van der Waals surface area contributed by atoms with Crippen LogP contribution in [-0.4, -0.2) is 13.1 Å². The number of methoxy groups -OCH3 is 1. The number of ether oxygens (including phenoxy) is 1. The molecule has 2 aromatic carbocycles. The van der Waals surface area contributed by atoms with Crippen LogP contribution in [0.1, 0.15) is 28.9 Å². The molecule has 0 bridgehead atoms. The summed E-state index contributed by atoms with van der Waals surface area (Å²) in [5, 5.41) is 3.83. The van der Waals surface area contributed by atoms with Gasteiger partial charge in [0.2, 0.25) is 0 Å². The maximum absolute atomic E-state index is 13.3. The molecular formula is C16H15ClFNO2. The quantitative estimate of drug-likeness (QED) is 0.849. The van der Waals surface area contributed by atoms with E-state index in [2.05, 4.69) is 10.1 Å². The molecule has 21 heavy (non-hydrogen) atoms. The molecular weight excluding hydrogens is 293 g/mol. The molecule has 0 aliphatic heterocycles. The van der Waals surface area contributed by atoms with Crippen LogP contribution in [0.2, 0.25) is 5.02 Å². The lowest BCUT2D eigenvalue weighted by molar-refractivity contribution is 0.0601. The van der Waals surface area contributed by atoms with E-state index in [0.29, 0.717) is 10.7 Å². The summed E-state index contributed by atoms with van der Waals surface area (Å²) in [5.41, 5.74) is 1.68. The fraction of sp³-hybridized carbons (Fsp3) is 0.188. The smallest absolute Gasteiger partial charge is 0.340 e. The number of benzene rings is 2. The molecule has 5 heteroatoms. The Bertz CT molecular complexity index is 643. The molecule has 1 N–H and O–H groups in total. The number of rotatable bonds is 4. The van der Waals surface area contributed by atoms with E-state index < -0.39 is 11.8 Å². The van der Waals surface area contributed by atoms with Gasteiger partial charge in [-0.2, -0.15) is 0 Å². The lowest BCUT2D eigenvalue weighted by atomic mass is 10.1. The number of hydrogen-bond acceptors (Lipinski definition) is 3. The molecule has 0 aromatic heterocycles. The van der Waals surface area contributed by atoms with Crippen LogP contribution in [0.4, 0.5) is 10.1 Å². The van der Waals surface area contributed by atoms with Crippen molar-refractivity contribution in [2.24, 2.45) is 0 Å². The van der Waals surface area contributed by atoms with E-state index in [0.717, 1.165) is 11.6 Å². The minimum Gasteiger partial charge on any atom is -0.465 e. The Kier molecular flexibility index (Phi) is 4.81. The number of carbonyl (C=O) groups excluding carboxylic acids is 1. The predicted molar refractivity (Wildman–Crippen MR) is 81.2 cm³/mol. The molecule has 0 heterocycles. The van der Waals surface area contributed by atoms with Gasteiger partial charge in [0.25, 0.3) is 0 Å². The Labute approximate surface area is 127 Å². The van der Waals surface area contributed by atoms with E-state index in [1.165, 1.54) is 19.2 Å². The molecule has 0 aliphatic carbocycles. The highest BCUT2D eigenvalue weighted by Crippen LogP contribution is 2.24. The van der Waals surface area contributed by atoms with Gasteiger partial charge in [-0.1, -0.05) is 23.7 Å². The Morgan fingerprint density at radius 3 is 2.52 bits per heavy atom. The zero-order chi connectivity index (χ0) is 15.4. The Morgan fingerprint density at radius 1 is 1.24 bits per heavy atom. The van der Waals surface area contributed by atoms with Crippen molar-refractivity contribution in [1.29, 1.82) is 0 Å². The van der Waals surface area contributed by atoms with Gasteiger partial charge in [0.05, 0.1) is 12.7 Å². The van der Waals surface area contributed by atoms with Crippen molar-refractivity contribution in [3.63, 3.8) is 0 Å². The summed E-state index contributed by atoms with van der Waals surface area (Å²) in [4.78, 5) is 11.7. The van der Waals surface area contributed by atoms with Gasteiger partial charge in [-0.3, -0.25) is 0 Å². The average molecular weight is 308 g/mol. The maximum Gasteiger partial charge on any atom is 0.340 e. The minimum atomic E-state index is -0.583. The topological polar surface area (TPSA) is 38.3 Å². The minimum absolute atomic E-state index is 0.0730. The lowest BCUT2D eigenvalue weighted by Crippen LogP contribution is -2.12. The normalized spacial score (nSPS) is 11.8. The predicted octanol–water partition coefficient (Wildman–Crippen LogP) is 4.44. The number of nitrogens with one attached hydrogen (secondary N) is 1. The summed E-state index contributed by atoms with van der Waals surface area (Å²) >= 11 is 5.86. The van der Waals surface area contributed by atoms with Gasteiger partial charge in [0.1, 0.15) is 5.82 Å². The van der Waals surface area contributed by atoms with Crippen LogP contribution in [-0.2, 0) is 4.74 Å². The van der Waals surface area contributed by atoms with Crippen LogP contribution >= 0.6 is 11.6 Å². The summed E-state index contributed by atoms with van der Waals surface area (Å²) in [5.74, 6) is -1.07. The van der Waals surface area contributed by atoms with E-state index in [9.17, 15) is 9.18 Å².